The molecule has 1 aromatic heterocycles. The summed E-state index contributed by atoms with van der Waals surface area (Å²) in [5.74, 6) is 0. The van der Waals surface area contributed by atoms with E-state index in [2.05, 4.69) is 10.6 Å². The minimum absolute atomic E-state index is 0.110. The highest BCUT2D eigenvalue weighted by atomic mass is 35.5. The van der Waals surface area contributed by atoms with Gasteiger partial charge in [-0.1, -0.05) is 17.7 Å². The number of hydrogen-bond donors (Lipinski definition) is 3. The number of carbonyl (C=O) groups is 1. The summed E-state index contributed by atoms with van der Waals surface area (Å²) in [6, 6.07) is 6.81. The maximum Gasteiger partial charge on any atom is 0.319 e. The molecule has 2 amide bonds. The van der Waals surface area contributed by atoms with Gasteiger partial charge in [-0.25, -0.2) is 4.79 Å². The molecule has 0 aliphatic rings. The molecule has 0 bridgehead atoms. The van der Waals surface area contributed by atoms with Gasteiger partial charge in [0.05, 0.1) is 17.3 Å². The van der Waals surface area contributed by atoms with E-state index in [9.17, 15) is 9.90 Å². The number of anilines is 1. The molecule has 3 N–H and O–H groups in total. The molecule has 1 atom stereocenters. The molecule has 0 aliphatic heterocycles. The monoisotopic (exact) mass is 324 g/mol. The second-order valence-corrected chi connectivity index (χ2v) is 6.26. The van der Waals surface area contributed by atoms with Crippen molar-refractivity contribution in [3.63, 3.8) is 0 Å². The molecule has 2 rings (SSSR count). The van der Waals surface area contributed by atoms with Crippen LogP contribution in [0.5, 0.6) is 0 Å². The highest BCUT2D eigenvalue weighted by Crippen LogP contribution is 2.23. The van der Waals surface area contributed by atoms with Gasteiger partial charge in [0.2, 0.25) is 0 Å². The van der Waals surface area contributed by atoms with Gasteiger partial charge in [0.1, 0.15) is 5.60 Å². The van der Waals surface area contributed by atoms with Gasteiger partial charge in [0, 0.05) is 0 Å². The molecule has 0 spiro atoms. The van der Waals surface area contributed by atoms with E-state index in [0.717, 1.165) is 11.1 Å². The van der Waals surface area contributed by atoms with Gasteiger partial charge in [0.25, 0.3) is 0 Å². The summed E-state index contributed by atoms with van der Waals surface area (Å²) >= 11 is 7.56. The summed E-state index contributed by atoms with van der Waals surface area (Å²) in [7, 11) is 0. The Morgan fingerprint density at radius 2 is 2.19 bits per heavy atom. The Kier molecular flexibility index (Phi) is 4.88. The first-order chi connectivity index (χ1) is 9.88. The molecule has 0 saturated heterocycles. The summed E-state index contributed by atoms with van der Waals surface area (Å²) in [5.41, 5.74) is 1.23. The van der Waals surface area contributed by atoms with Crippen molar-refractivity contribution in [2.24, 2.45) is 0 Å². The average molecular weight is 325 g/mol. The number of thiophene rings is 1. The predicted octanol–water partition coefficient (Wildman–Crippen LogP) is 3.74. The van der Waals surface area contributed by atoms with Gasteiger partial charge >= 0.3 is 6.03 Å². The van der Waals surface area contributed by atoms with Crippen molar-refractivity contribution in [2.45, 2.75) is 19.4 Å². The van der Waals surface area contributed by atoms with Crippen LogP contribution >= 0.6 is 22.9 Å². The van der Waals surface area contributed by atoms with Crippen molar-refractivity contribution in [3.8, 4) is 0 Å². The van der Waals surface area contributed by atoms with Crippen LogP contribution in [0.3, 0.4) is 0 Å². The molecule has 2 aromatic rings. The molecule has 0 radical (unpaired) electrons. The maximum absolute atomic E-state index is 11.9. The van der Waals surface area contributed by atoms with E-state index < -0.39 is 11.6 Å². The van der Waals surface area contributed by atoms with E-state index in [-0.39, 0.29) is 6.54 Å². The molecule has 1 unspecified atom stereocenters. The summed E-state index contributed by atoms with van der Waals surface area (Å²) in [4.78, 5) is 11.9. The summed E-state index contributed by atoms with van der Waals surface area (Å²) < 4.78 is 0. The number of hydrogen-bond acceptors (Lipinski definition) is 3. The number of urea groups is 1. The molecule has 21 heavy (non-hydrogen) atoms. The topological polar surface area (TPSA) is 61.4 Å². The normalized spacial score (nSPS) is 13.5. The van der Waals surface area contributed by atoms with Crippen LogP contribution in [0.15, 0.2) is 35.0 Å². The zero-order chi connectivity index (χ0) is 15.5. The van der Waals surface area contributed by atoms with Gasteiger partial charge in [-0.2, -0.15) is 11.3 Å². The van der Waals surface area contributed by atoms with E-state index in [4.69, 9.17) is 11.6 Å². The van der Waals surface area contributed by atoms with Crippen LogP contribution in [-0.2, 0) is 5.60 Å². The van der Waals surface area contributed by atoms with Crippen LogP contribution in [0.1, 0.15) is 18.1 Å². The quantitative estimate of drug-likeness (QED) is 0.802. The second kappa shape index (κ2) is 6.47. The Bertz CT molecular complexity index is 627. The van der Waals surface area contributed by atoms with Crippen LogP contribution in [0.25, 0.3) is 0 Å². The van der Waals surface area contributed by atoms with E-state index in [1.807, 2.05) is 29.8 Å². The van der Waals surface area contributed by atoms with Crippen molar-refractivity contribution < 1.29 is 9.90 Å². The highest BCUT2D eigenvalue weighted by Gasteiger charge is 2.24. The Morgan fingerprint density at radius 3 is 2.81 bits per heavy atom. The first-order valence-electron chi connectivity index (χ1n) is 6.44. The Labute approximate surface area is 132 Å². The SMILES string of the molecule is Cc1ccc(NC(=O)NCC(C)(O)c2ccsc2)c(Cl)c1. The van der Waals surface area contributed by atoms with Crippen molar-refractivity contribution in [1.82, 2.24) is 5.32 Å². The minimum Gasteiger partial charge on any atom is -0.384 e. The smallest absolute Gasteiger partial charge is 0.319 e. The molecule has 0 aliphatic carbocycles. The van der Waals surface area contributed by atoms with Crippen molar-refractivity contribution >= 4 is 34.7 Å². The molecular formula is C15H17ClN2O2S. The van der Waals surface area contributed by atoms with E-state index in [1.165, 1.54) is 11.3 Å². The molecule has 0 saturated carbocycles. The lowest BCUT2D eigenvalue weighted by molar-refractivity contribution is 0.0604. The molecule has 112 valence electrons. The fourth-order valence-electron chi connectivity index (χ4n) is 1.81. The molecule has 1 aromatic carbocycles. The third-order valence-electron chi connectivity index (χ3n) is 3.11. The Balaban J connectivity index is 1.93. The first kappa shape index (κ1) is 15.8. The number of nitrogens with one attached hydrogen (secondary N) is 2. The zero-order valence-corrected chi connectivity index (χ0v) is 13.4. The number of amides is 2. The third kappa shape index (κ3) is 4.20. The van der Waals surface area contributed by atoms with Gasteiger partial charge < -0.3 is 15.7 Å². The summed E-state index contributed by atoms with van der Waals surface area (Å²) in [6.07, 6.45) is 0. The maximum atomic E-state index is 11.9. The lowest BCUT2D eigenvalue weighted by Gasteiger charge is -2.23. The van der Waals surface area contributed by atoms with Crippen molar-refractivity contribution in [1.29, 1.82) is 0 Å². The fraction of sp³-hybridized carbons (Fsp3) is 0.267. The molecular weight excluding hydrogens is 308 g/mol. The first-order valence-corrected chi connectivity index (χ1v) is 7.76. The van der Waals surface area contributed by atoms with Crippen LogP contribution in [-0.4, -0.2) is 17.7 Å². The largest absolute Gasteiger partial charge is 0.384 e. The number of carbonyl (C=O) groups excluding carboxylic acids is 1. The van der Waals surface area contributed by atoms with E-state index in [1.54, 1.807) is 19.1 Å². The van der Waals surface area contributed by atoms with E-state index in [0.29, 0.717) is 10.7 Å². The van der Waals surface area contributed by atoms with Crippen LogP contribution in [0, 0.1) is 6.92 Å². The number of halogens is 1. The van der Waals surface area contributed by atoms with Gasteiger partial charge in [-0.05, 0) is 53.9 Å². The van der Waals surface area contributed by atoms with Gasteiger partial charge in [0.15, 0.2) is 0 Å². The third-order valence-corrected chi connectivity index (χ3v) is 4.10. The van der Waals surface area contributed by atoms with E-state index >= 15 is 0 Å². The number of benzene rings is 1. The van der Waals surface area contributed by atoms with Crippen LogP contribution in [0.4, 0.5) is 10.5 Å². The Morgan fingerprint density at radius 1 is 1.43 bits per heavy atom. The number of rotatable bonds is 4. The fourth-order valence-corrected chi connectivity index (χ4v) is 2.88. The molecule has 1 heterocycles. The molecule has 0 fully saturated rings. The van der Waals surface area contributed by atoms with Crippen molar-refractivity contribution in [2.75, 3.05) is 11.9 Å². The van der Waals surface area contributed by atoms with Gasteiger partial charge in [-0.15, -0.1) is 0 Å². The summed E-state index contributed by atoms with van der Waals surface area (Å²) in [5, 5.41) is 19.9. The molecule has 6 heteroatoms. The molecule has 4 nitrogen and oxygen atoms in total. The lowest BCUT2D eigenvalue weighted by Crippen LogP contribution is -2.40. The average Bonchev–Trinajstić information content (AvgIpc) is 2.95. The van der Waals surface area contributed by atoms with Crippen molar-refractivity contribution in [3.05, 3.63) is 51.2 Å². The van der Waals surface area contributed by atoms with Crippen LogP contribution < -0.4 is 10.6 Å². The number of aliphatic hydroxyl groups is 1. The zero-order valence-electron chi connectivity index (χ0n) is 11.8. The minimum atomic E-state index is -1.10. The van der Waals surface area contributed by atoms with Gasteiger partial charge in [-0.3, -0.25) is 0 Å². The summed E-state index contributed by atoms with van der Waals surface area (Å²) in [6.45, 7) is 3.70. The lowest BCUT2D eigenvalue weighted by atomic mass is 9.99. The predicted molar refractivity (Wildman–Crippen MR) is 87.1 cm³/mol. The highest BCUT2D eigenvalue weighted by molar-refractivity contribution is 7.08. The Hall–Kier alpha value is -1.56. The second-order valence-electron chi connectivity index (χ2n) is 5.08. The van der Waals surface area contributed by atoms with Crippen LogP contribution in [0.2, 0.25) is 5.02 Å². The number of aryl methyl sites for hydroxylation is 1. The standard InChI is InChI=1S/C15H17ClN2O2S/c1-10-3-4-13(12(16)7-10)18-14(19)17-9-15(2,20)11-5-6-21-8-11/h3-8,20H,9H2,1-2H3,(H2,17,18,19).